The van der Waals surface area contributed by atoms with Gasteiger partial charge in [0.25, 0.3) is 0 Å². The van der Waals surface area contributed by atoms with Gasteiger partial charge in [-0.15, -0.1) is 11.3 Å². The summed E-state index contributed by atoms with van der Waals surface area (Å²) in [6, 6.07) is 2.64. The molecule has 0 bridgehead atoms. The van der Waals surface area contributed by atoms with Crippen LogP contribution in [0.2, 0.25) is 0 Å². The van der Waals surface area contributed by atoms with Crippen molar-refractivity contribution in [3.05, 3.63) is 34.0 Å². The van der Waals surface area contributed by atoms with Gasteiger partial charge in [0.15, 0.2) is 6.67 Å². The molecule has 1 N–H and O–H groups in total. The molecule has 1 aromatic heterocycles. The second-order valence-corrected chi connectivity index (χ2v) is 7.84. The third-order valence-corrected chi connectivity index (χ3v) is 6.69. The van der Waals surface area contributed by atoms with Gasteiger partial charge < -0.3 is 4.90 Å². The molecular formula is C18H23N2O2S+. The molecule has 4 nitrogen and oxygen atoms in total. The van der Waals surface area contributed by atoms with E-state index < -0.39 is 0 Å². The predicted molar refractivity (Wildman–Crippen MR) is 89.0 cm³/mol. The summed E-state index contributed by atoms with van der Waals surface area (Å²) in [7, 11) is 0. The van der Waals surface area contributed by atoms with E-state index in [0.717, 1.165) is 32.2 Å². The number of fused-ring (bicyclic) bond motifs is 2. The fourth-order valence-electron chi connectivity index (χ4n) is 4.46. The molecule has 0 aromatic carbocycles. The first-order chi connectivity index (χ1) is 11.2. The van der Waals surface area contributed by atoms with E-state index in [1.807, 2.05) is 11.3 Å². The molecule has 2 amide bonds. The number of allylic oxidation sites excluding steroid dienone is 2. The SMILES string of the molecule is CC[C@H]1c2ccsc2CC[NH+]1CN1C(=O)[C@H]2CC=CC[C@H]2C1=O. The highest BCUT2D eigenvalue weighted by atomic mass is 32.1. The maximum absolute atomic E-state index is 12.7. The third-order valence-electron chi connectivity index (χ3n) is 5.69. The minimum atomic E-state index is -0.103. The molecule has 3 heterocycles. The van der Waals surface area contributed by atoms with E-state index in [9.17, 15) is 9.59 Å². The molecule has 3 aliphatic rings. The molecule has 4 atom stereocenters. The van der Waals surface area contributed by atoms with Crippen molar-refractivity contribution in [2.45, 2.75) is 38.6 Å². The standard InChI is InChI=1S/C18H22N2O2S/c1-2-15-14-8-10-23-16(14)7-9-19(15)11-20-17(21)12-5-3-4-6-13(12)18(20)22/h3-4,8,10,12-13,15H,2,5-7,9,11H2,1H3/p+1/t12-,13+,15-/m0/s1. The molecule has 1 fully saturated rings. The number of imide groups is 1. The van der Waals surface area contributed by atoms with E-state index in [1.165, 1.54) is 15.3 Å². The minimum absolute atomic E-state index is 0.0582. The van der Waals surface area contributed by atoms with Crippen LogP contribution in [0.1, 0.15) is 42.7 Å². The fourth-order valence-corrected chi connectivity index (χ4v) is 5.40. The number of nitrogens with one attached hydrogen (secondary N) is 1. The number of quaternary nitrogens is 1. The second-order valence-electron chi connectivity index (χ2n) is 6.84. The lowest BCUT2D eigenvalue weighted by atomic mass is 9.85. The highest BCUT2D eigenvalue weighted by Gasteiger charge is 2.49. The summed E-state index contributed by atoms with van der Waals surface area (Å²) < 4.78 is 0. The summed E-state index contributed by atoms with van der Waals surface area (Å²) in [6.07, 6.45) is 7.67. The van der Waals surface area contributed by atoms with Crippen LogP contribution < -0.4 is 4.90 Å². The Morgan fingerprint density at radius 1 is 1.22 bits per heavy atom. The molecular weight excluding hydrogens is 308 g/mol. The zero-order valence-electron chi connectivity index (χ0n) is 13.5. The molecule has 0 saturated carbocycles. The summed E-state index contributed by atoms with van der Waals surface area (Å²) >= 11 is 1.84. The summed E-state index contributed by atoms with van der Waals surface area (Å²) in [5, 5.41) is 2.17. The van der Waals surface area contributed by atoms with Crippen molar-refractivity contribution in [3.63, 3.8) is 0 Å². The number of carbonyl (C=O) groups is 2. The number of carbonyl (C=O) groups excluding carboxylic acids is 2. The molecule has 1 aliphatic carbocycles. The van der Waals surface area contributed by atoms with Gasteiger partial charge in [0.1, 0.15) is 6.04 Å². The molecule has 0 radical (unpaired) electrons. The first-order valence-electron chi connectivity index (χ1n) is 8.61. The smallest absolute Gasteiger partial charge is 0.237 e. The topological polar surface area (TPSA) is 41.8 Å². The quantitative estimate of drug-likeness (QED) is 0.674. The molecule has 4 rings (SSSR count). The van der Waals surface area contributed by atoms with Crippen molar-refractivity contribution < 1.29 is 14.5 Å². The number of nitrogens with zero attached hydrogens (tertiary/aromatic N) is 1. The van der Waals surface area contributed by atoms with Gasteiger partial charge >= 0.3 is 0 Å². The van der Waals surface area contributed by atoms with E-state index in [1.54, 1.807) is 4.90 Å². The Bertz CT molecular complexity index is 640. The van der Waals surface area contributed by atoms with Crippen LogP contribution in [0.4, 0.5) is 0 Å². The van der Waals surface area contributed by atoms with Crippen LogP contribution in [0, 0.1) is 11.8 Å². The number of rotatable bonds is 3. The molecule has 1 aromatic rings. The van der Waals surface area contributed by atoms with Crippen LogP contribution in [-0.4, -0.2) is 29.9 Å². The normalized spacial score (nSPS) is 33.0. The van der Waals surface area contributed by atoms with Crippen LogP contribution in [0.25, 0.3) is 0 Å². The first-order valence-corrected chi connectivity index (χ1v) is 9.49. The molecule has 1 unspecified atom stereocenters. The third kappa shape index (κ3) is 2.37. The lowest BCUT2D eigenvalue weighted by molar-refractivity contribution is -0.940. The molecule has 5 heteroatoms. The van der Waals surface area contributed by atoms with Crippen molar-refractivity contribution in [1.29, 1.82) is 0 Å². The van der Waals surface area contributed by atoms with Crippen LogP contribution >= 0.6 is 11.3 Å². The van der Waals surface area contributed by atoms with Crippen molar-refractivity contribution in [2.75, 3.05) is 13.2 Å². The van der Waals surface area contributed by atoms with E-state index in [-0.39, 0.29) is 23.7 Å². The van der Waals surface area contributed by atoms with Crippen molar-refractivity contribution in [2.24, 2.45) is 11.8 Å². The average molecular weight is 331 g/mol. The summed E-state index contributed by atoms with van der Waals surface area (Å²) in [4.78, 5) is 29.8. The van der Waals surface area contributed by atoms with E-state index >= 15 is 0 Å². The average Bonchev–Trinajstić information content (AvgIpc) is 3.14. The highest BCUT2D eigenvalue weighted by Crippen LogP contribution is 2.35. The van der Waals surface area contributed by atoms with Crippen molar-refractivity contribution in [1.82, 2.24) is 4.90 Å². The number of hydrogen-bond donors (Lipinski definition) is 1. The molecule has 122 valence electrons. The Labute approximate surface area is 140 Å². The lowest BCUT2D eigenvalue weighted by Gasteiger charge is -2.34. The van der Waals surface area contributed by atoms with E-state index in [0.29, 0.717) is 12.7 Å². The van der Waals surface area contributed by atoms with Crippen LogP contribution in [0.5, 0.6) is 0 Å². The molecule has 1 saturated heterocycles. The van der Waals surface area contributed by atoms with Gasteiger partial charge in [-0.05, 0) is 24.3 Å². The lowest BCUT2D eigenvalue weighted by Crippen LogP contribution is -3.14. The van der Waals surface area contributed by atoms with E-state index in [2.05, 4.69) is 30.5 Å². The Hall–Kier alpha value is -1.46. The Morgan fingerprint density at radius 2 is 1.91 bits per heavy atom. The van der Waals surface area contributed by atoms with Crippen LogP contribution in [-0.2, 0) is 16.0 Å². The molecule has 0 spiro atoms. The summed E-state index contributed by atoms with van der Waals surface area (Å²) in [5.41, 5.74) is 1.43. The summed E-state index contributed by atoms with van der Waals surface area (Å²) in [5.74, 6) is -0.0902. The van der Waals surface area contributed by atoms with Crippen molar-refractivity contribution in [3.8, 4) is 0 Å². The van der Waals surface area contributed by atoms with Crippen LogP contribution in [0.15, 0.2) is 23.6 Å². The largest absolute Gasteiger partial charge is 0.311 e. The first kappa shape index (κ1) is 15.1. The summed E-state index contributed by atoms with van der Waals surface area (Å²) in [6.45, 7) is 3.75. The molecule has 2 aliphatic heterocycles. The van der Waals surface area contributed by atoms with E-state index in [4.69, 9.17) is 0 Å². The highest BCUT2D eigenvalue weighted by molar-refractivity contribution is 7.10. The van der Waals surface area contributed by atoms with Gasteiger partial charge in [-0.1, -0.05) is 19.1 Å². The van der Waals surface area contributed by atoms with Gasteiger partial charge in [-0.3, -0.25) is 9.59 Å². The number of hydrogen-bond acceptors (Lipinski definition) is 3. The van der Waals surface area contributed by atoms with Gasteiger partial charge in [0, 0.05) is 23.3 Å². The minimum Gasteiger partial charge on any atom is -0.311 e. The zero-order chi connectivity index (χ0) is 16.0. The maximum atomic E-state index is 12.7. The Morgan fingerprint density at radius 3 is 2.57 bits per heavy atom. The Kier molecular flexibility index (Phi) is 3.85. The number of amides is 2. The Balaban J connectivity index is 1.54. The fraction of sp³-hybridized carbons (Fsp3) is 0.556. The maximum Gasteiger partial charge on any atom is 0.237 e. The zero-order valence-corrected chi connectivity index (χ0v) is 14.3. The van der Waals surface area contributed by atoms with Crippen molar-refractivity contribution >= 4 is 23.2 Å². The van der Waals surface area contributed by atoms with Crippen LogP contribution in [0.3, 0.4) is 0 Å². The van der Waals surface area contributed by atoms with Gasteiger partial charge in [0.2, 0.25) is 11.8 Å². The predicted octanol–water partition coefficient (Wildman–Crippen LogP) is 1.55. The van der Waals surface area contributed by atoms with Gasteiger partial charge in [0.05, 0.1) is 18.4 Å². The number of likely N-dealkylation sites (tertiary alicyclic amines) is 1. The second kappa shape index (κ2) is 5.87. The monoisotopic (exact) mass is 331 g/mol. The number of thiophene rings is 1. The van der Waals surface area contributed by atoms with Gasteiger partial charge in [-0.25, -0.2) is 4.90 Å². The van der Waals surface area contributed by atoms with Gasteiger partial charge in [-0.2, -0.15) is 0 Å². The molecule has 23 heavy (non-hydrogen) atoms.